The molecule has 8 aromatic rings. The van der Waals surface area contributed by atoms with Crippen LogP contribution in [0.5, 0.6) is 34.5 Å². The van der Waals surface area contributed by atoms with Gasteiger partial charge in [-0.3, -0.25) is 14.4 Å². The Kier molecular flexibility index (Phi) is 17.3. The quantitative estimate of drug-likeness (QED) is 0.0519. The van der Waals surface area contributed by atoms with E-state index in [1.54, 1.807) is 67.6 Å². The SMILES string of the molecule is CCCCc1[nH]c(=O)c(-c2nnc(CC(=O)OCC)o2)c(O)c1-c1c(OC)cccc1OC.CCCCc1[nH]c(=O)c(-c2nnc(Cc3nnc(-c4ccc(Cl)cc4)o3)o2)c(O)c1-c1c(OC)cccc1OC. The number of nitrogens with zero attached hydrogens (tertiary/aromatic N) is 6. The smallest absolute Gasteiger partial charge is 0.315 e. The summed E-state index contributed by atoms with van der Waals surface area (Å²) in [5.74, 6) is 0.853. The highest BCUT2D eigenvalue weighted by atomic mass is 35.5. The van der Waals surface area contributed by atoms with Gasteiger partial charge < -0.3 is 57.1 Å². The molecule has 21 nitrogen and oxygen atoms in total. The second-order valence-electron chi connectivity index (χ2n) is 16.0. The summed E-state index contributed by atoms with van der Waals surface area (Å²) in [6, 6.07) is 17.5. The fourth-order valence-corrected chi connectivity index (χ4v) is 7.96. The minimum Gasteiger partial charge on any atom is -0.506 e. The van der Waals surface area contributed by atoms with E-state index in [0.717, 1.165) is 25.7 Å². The number of aromatic nitrogens is 8. The fraction of sp³-hybridized carbons (Fsp3) is 0.314. The van der Waals surface area contributed by atoms with Gasteiger partial charge in [-0.1, -0.05) is 50.4 Å². The molecule has 5 aromatic heterocycles. The average Bonchev–Trinajstić information content (AvgIpc) is 4.18. The van der Waals surface area contributed by atoms with Crippen molar-refractivity contribution in [1.29, 1.82) is 0 Å². The number of aromatic amines is 2. The third-order valence-electron chi connectivity index (χ3n) is 11.3. The first kappa shape index (κ1) is 52.4. The van der Waals surface area contributed by atoms with Crippen molar-refractivity contribution in [3.8, 4) is 91.1 Å². The summed E-state index contributed by atoms with van der Waals surface area (Å²) in [6.07, 6.45) is 4.13. The number of esters is 1. The molecule has 0 radical (unpaired) electrons. The molecule has 22 heteroatoms. The number of pyridine rings is 2. The lowest BCUT2D eigenvalue weighted by Crippen LogP contribution is -2.14. The Hall–Kier alpha value is -8.46. The number of carbonyl (C=O) groups is 1. The Morgan fingerprint density at radius 1 is 0.562 bits per heavy atom. The number of halogens is 1. The lowest BCUT2D eigenvalue weighted by atomic mass is 9.96. The Morgan fingerprint density at radius 2 is 0.973 bits per heavy atom. The summed E-state index contributed by atoms with van der Waals surface area (Å²) in [5, 5.41) is 47.3. The molecule has 0 unspecified atom stereocenters. The molecular formula is C51H53ClN8O13. The number of H-pyrrole nitrogens is 2. The molecule has 0 fully saturated rings. The third kappa shape index (κ3) is 11.7. The number of carbonyl (C=O) groups excluding carboxylic acids is 1. The zero-order chi connectivity index (χ0) is 52.2. The van der Waals surface area contributed by atoms with E-state index in [4.69, 9.17) is 48.5 Å². The zero-order valence-corrected chi connectivity index (χ0v) is 41.8. The molecule has 0 amide bonds. The summed E-state index contributed by atoms with van der Waals surface area (Å²) >= 11 is 5.94. The number of methoxy groups -OCH3 is 4. The molecule has 0 saturated heterocycles. The zero-order valence-electron chi connectivity index (χ0n) is 41.1. The first-order chi connectivity index (χ1) is 35.4. The fourth-order valence-electron chi connectivity index (χ4n) is 7.84. The van der Waals surface area contributed by atoms with Crippen LogP contribution >= 0.6 is 11.6 Å². The Bertz CT molecular complexity index is 3260. The highest BCUT2D eigenvalue weighted by molar-refractivity contribution is 6.30. The van der Waals surface area contributed by atoms with Crippen LogP contribution < -0.4 is 30.1 Å². The molecule has 73 heavy (non-hydrogen) atoms. The summed E-state index contributed by atoms with van der Waals surface area (Å²) in [7, 11) is 6.06. The number of rotatable bonds is 20. The molecule has 0 aliphatic carbocycles. The second kappa shape index (κ2) is 24.1. The molecule has 382 valence electrons. The van der Waals surface area contributed by atoms with Gasteiger partial charge in [0.2, 0.25) is 23.6 Å². The van der Waals surface area contributed by atoms with E-state index < -0.39 is 17.1 Å². The van der Waals surface area contributed by atoms with Crippen LogP contribution in [0.25, 0.3) is 56.6 Å². The van der Waals surface area contributed by atoms with E-state index >= 15 is 0 Å². The largest absolute Gasteiger partial charge is 0.506 e. The van der Waals surface area contributed by atoms with Crippen molar-refractivity contribution in [2.45, 2.75) is 72.1 Å². The summed E-state index contributed by atoms with van der Waals surface area (Å²) in [4.78, 5) is 43.6. The molecule has 0 spiro atoms. The van der Waals surface area contributed by atoms with Gasteiger partial charge >= 0.3 is 5.97 Å². The summed E-state index contributed by atoms with van der Waals surface area (Å²) < 4.78 is 44.1. The summed E-state index contributed by atoms with van der Waals surface area (Å²) in [5.41, 5.74) is 1.90. The van der Waals surface area contributed by atoms with Gasteiger partial charge in [-0.2, -0.15) is 0 Å². The molecule has 3 aromatic carbocycles. The molecule has 0 atom stereocenters. The standard InChI is InChI=1S/C28H26ClN5O6.C23H27N3O7/c1-4-5-7-17-22(23-18(37-2)8-6-9-19(23)38-3)25(35)24(26(36)30-17)28-34-32-21(40-28)14-20-31-33-27(39-20)15-10-12-16(29)13-11-15;1-5-7-9-13-18(19-14(30-3)10-8-11-15(19)31-4)21(28)20(22(29)24-13)23-26-25-16(33-23)12-17(27)32-6-2/h6,8-13H,4-5,7,14H2,1-3H3,(H2,30,35,36);8,10-11H,5-7,9,12H2,1-4H3,(H2,24,28,29). The van der Waals surface area contributed by atoms with Crippen LogP contribution in [-0.2, 0) is 35.2 Å². The number of unbranched alkanes of at least 4 members (excludes halogenated alkanes) is 2. The van der Waals surface area contributed by atoms with Crippen LogP contribution in [0.3, 0.4) is 0 Å². The number of nitrogens with one attached hydrogen (secondary N) is 2. The van der Waals surface area contributed by atoms with Gasteiger partial charge in [-0.05, 0) is 81.1 Å². The predicted octanol–water partition coefficient (Wildman–Crippen LogP) is 8.71. The Balaban J connectivity index is 0.000000218. The first-order valence-corrected chi connectivity index (χ1v) is 23.5. The average molecular weight is 1020 g/mol. The molecule has 0 aliphatic heterocycles. The number of hydrogen-bond donors (Lipinski definition) is 4. The van der Waals surface area contributed by atoms with E-state index in [0.29, 0.717) is 86.0 Å². The number of hydrogen-bond acceptors (Lipinski definition) is 19. The molecule has 0 aliphatic rings. The molecular weight excluding hydrogens is 968 g/mol. The van der Waals surface area contributed by atoms with E-state index in [2.05, 4.69) is 40.6 Å². The van der Waals surface area contributed by atoms with Crippen molar-refractivity contribution in [3.05, 3.63) is 115 Å². The summed E-state index contributed by atoms with van der Waals surface area (Å²) in [6.45, 7) is 5.96. The van der Waals surface area contributed by atoms with Gasteiger partial charge in [0.05, 0.1) is 57.3 Å². The highest BCUT2D eigenvalue weighted by Gasteiger charge is 2.30. The molecule has 0 saturated carbocycles. The van der Waals surface area contributed by atoms with E-state index in [-0.39, 0.29) is 71.5 Å². The predicted molar refractivity (Wildman–Crippen MR) is 266 cm³/mol. The number of ether oxygens (including phenoxy) is 5. The maximum absolute atomic E-state index is 13.2. The molecule has 0 bridgehead atoms. The minimum atomic E-state index is -0.595. The molecule has 4 N–H and O–H groups in total. The van der Waals surface area contributed by atoms with Crippen LogP contribution in [-0.4, -0.2) is 91.8 Å². The van der Waals surface area contributed by atoms with E-state index in [1.165, 1.54) is 28.4 Å². The van der Waals surface area contributed by atoms with Crippen LogP contribution in [0.2, 0.25) is 5.02 Å². The topological polar surface area (TPSA) is 286 Å². The van der Waals surface area contributed by atoms with Crippen LogP contribution in [0.1, 0.15) is 75.5 Å². The van der Waals surface area contributed by atoms with Gasteiger partial charge in [-0.25, -0.2) is 0 Å². The van der Waals surface area contributed by atoms with Crippen LogP contribution in [0.15, 0.2) is 83.5 Å². The first-order valence-electron chi connectivity index (χ1n) is 23.2. The number of aromatic hydroxyl groups is 2. The van der Waals surface area contributed by atoms with Gasteiger partial charge in [-0.15, -0.1) is 30.6 Å². The highest BCUT2D eigenvalue weighted by Crippen LogP contribution is 2.48. The molecule has 8 rings (SSSR count). The van der Waals surface area contributed by atoms with Crippen molar-refractivity contribution in [1.82, 2.24) is 40.6 Å². The maximum Gasteiger partial charge on any atom is 0.315 e. The van der Waals surface area contributed by atoms with Crippen molar-refractivity contribution < 1.29 is 51.9 Å². The van der Waals surface area contributed by atoms with Crippen LogP contribution in [0.4, 0.5) is 0 Å². The maximum atomic E-state index is 13.2. The van der Waals surface area contributed by atoms with Crippen molar-refractivity contribution in [2.24, 2.45) is 0 Å². The lowest BCUT2D eigenvalue weighted by molar-refractivity contribution is -0.142. The van der Waals surface area contributed by atoms with Crippen molar-refractivity contribution in [2.75, 3.05) is 35.0 Å². The second-order valence-corrected chi connectivity index (χ2v) is 16.4. The third-order valence-corrected chi connectivity index (χ3v) is 11.5. The van der Waals surface area contributed by atoms with Crippen molar-refractivity contribution in [3.63, 3.8) is 0 Å². The van der Waals surface area contributed by atoms with Crippen LogP contribution in [0, 0.1) is 0 Å². The normalized spacial score (nSPS) is 11.0. The van der Waals surface area contributed by atoms with Gasteiger partial charge in [0.25, 0.3) is 22.9 Å². The Labute approximate surface area is 422 Å². The van der Waals surface area contributed by atoms with Gasteiger partial charge in [0, 0.05) is 22.0 Å². The van der Waals surface area contributed by atoms with E-state index in [1.807, 2.05) is 13.8 Å². The molecule has 5 heterocycles. The van der Waals surface area contributed by atoms with Gasteiger partial charge in [0.1, 0.15) is 58.5 Å². The number of benzene rings is 3. The number of aryl methyl sites for hydroxylation is 2. The Morgan fingerprint density at radius 3 is 1.40 bits per heavy atom. The monoisotopic (exact) mass is 1020 g/mol. The van der Waals surface area contributed by atoms with Crippen molar-refractivity contribution >= 4 is 17.6 Å². The van der Waals surface area contributed by atoms with Gasteiger partial charge in [0.15, 0.2) is 0 Å². The van der Waals surface area contributed by atoms with E-state index in [9.17, 15) is 24.6 Å². The minimum absolute atomic E-state index is 0.0219. The lowest BCUT2D eigenvalue weighted by Gasteiger charge is -2.18.